The molecule has 1 aromatic rings. The highest BCUT2D eigenvalue weighted by Crippen LogP contribution is 2.12. The first-order chi connectivity index (χ1) is 5.43. The van der Waals surface area contributed by atoms with E-state index in [4.69, 9.17) is 6.42 Å². The number of thiophene rings is 1. The Morgan fingerprint density at radius 2 is 2.36 bits per heavy atom. The highest BCUT2D eigenvalue weighted by Gasteiger charge is 1.91. The van der Waals surface area contributed by atoms with Gasteiger partial charge in [0.05, 0.1) is 0 Å². The number of rotatable bonds is 4. The minimum atomic E-state index is 0.922. The second-order valence-corrected chi connectivity index (χ2v) is 3.52. The summed E-state index contributed by atoms with van der Waals surface area (Å²) >= 11 is 1.83. The fourth-order valence-electron chi connectivity index (χ4n) is 0.981. The molecule has 0 nitrogen and oxygen atoms in total. The van der Waals surface area contributed by atoms with Crippen LogP contribution < -0.4 is 0 Å². The smallest absolute Gasteiger partial charge is 0.00861 e. The molecule has 0 saturated heterocycles. The number of unbranched alkanes of at least 4 members (excludes halogenated alkanes) is 2. The van der Waals surface area contributed by atoms with E-state index in [1.54, 1.807) is 0 Å². The molecular weight excluding hydrogens is 152 g/mol. The first-order valence-corrected chi connectivity index (χ1v) is 4.77. The van der Waals surface area contributed by atoms with E-state index >= 15 is 0 Å². The average Bonchev–Trinajstić information content (AvgIpc) is 2.50. The van der Waals surface area contributed by atoms with Crippen LogP contribution in [0.15, 0.2) is 17.5 Å². The lowest BCUT2D eigenvalue weighted by molar-refractivity contribution is 0.764. The van der Waals surface area contributed by atoms with Crippen LogP contribution in [-0.2, 0) is 6.42 Å². The predicted molar refractivity (Wildman–Crippen MR) is 50.7 cm³/mol. The first-order valence-electron chi connectivity index (χ1n) is 3.89. The molecule has 0 atom stereocenters. The zero-order valence-corrected chi connectivity index (χ0v) is 7.36. The lowest BCUT2D eigenvalue weighted by atomic mass is 10.2. The Balaban J connectivity index is 2.10. The van der Waals surface area contributed by atoms with Crippen molar-refractivity contribution in [3.63, 3.8) is 0 Å². The summed E-state index contributed by atoms with van der Waals surface area (Å²) in [5, 5.41) is 2.12. The average molecular weight is 164 g/mol. The third kappa shape index (κ3) is 3.25. The van der Waals surface area contributed by atoms with Crippen LogP contribution in [0.3, 0.4) is 0 Å². The van der Waals surface area contributed by atoms with Gasteiger partial charge < -0.3 is 0 Å². The summed E-state index contributed by atoms with van der Waals surface area (Å²) in [6.45, 7) is 0. The number of terminal acetylenes is 1. The van der Waals surface area contributed by atoms with E-state index in [0.29, 0.717) is 0 Å². The summed E-state index contributed by atoms with van der Waals surface area (Å²) in [5.41, 5.74) is 0. The summed E-state index contributed by atoms with van der Waals surface area (Å²) in [5.74, 6) is 2.65. The van der Waals surface area contributed by atoms with Crippen LogP contribution in [-0.4, -0.2) is 0 Å². The van der Waals surface area contributed by atoms with Crippen molar-refractivity contribution in [3.8, 4) is 12.3 Å². The maximum atomic E-state index is 5.14. The summed E-state index contributed by atoms with van der Waals surface area (Å²) in [6, 6.07) is 4.28. The van der Waals surface area contributed by atoms with Crippen LogP contribution in [0, 0.1) is 12.3 Å². The quantitative estimate of drug-likeness (QED) is 0.474. The fraction of sp³-hybridized carbons (Fsp3) is 0.400. The van der Waals surface area contributed by atoms with Crippen molar-refractivity contribution in [3.05, 3.63) is 22.4 Å². The van der Waals surface area contributed by atoms with Gasteiger partial charge in [-0.1, -0.05) is 6.07 Å². The van der Waals surface area contributed by atoms with Gasteiger partial charge in [-0.15, -0.1) is 23.7 Å². The van der Waals surface area contributed by atoms with E-state index in [1.165, 1.54) is 17.7 Å². The Bertz CT molecular complexity index is 216. The Hall–Kier alpha value is -0.740. The molecule has 0 aliphatic carbocycles. The molecule has 0 amide bonds. The van der Waals surface area contributed by atoms with Crippen molar-refractivity contribution in [2.24, 2.45) is 0 Å². The maximum absolute atomic E-state index is 5.14. The lowest BCUT2D eigenvalue weighted by Crippen LogP contribution is -1.79. The molecule has 0 radical (unpaired) electrons. The number of aryl methyl sites for hydroxylation is 1. The van der Waals surface area contributed by atoms with E-state index in [9.17, 15) is 0 Å². The van der Waals surface area contributed by atoms with Crippen LogP contribution in [0.4, 0.5) is 0 Å². The molecule has 11 heavy (non-hydrogen) atoms. The molecule has 1 aromatic heterocycles. The Morgan fingerprint density at radius 3 is 3.00 bits per heavy atom. The van der Waals surface area contributed by atoms with Crippen molar-refractivity contribution in [2.45, 2.75) is 25.7 Å². The van der Waals surface area contributed by atoms with Gasteiger partial charge in [0.15, 0.2) is 0 Å². The van der Waals surface area contributed by atoms with Crippen LogP contribution in [0.25, 0.3) is 0 Å². The number of hydrogen-bond donors (Lipinski definition) is 0. The molecular formula is C10H12S. The van der Waals surface area contributed by atoms with Crippen molar-refractivity contribution >= 4 is 11.3 Å². The van der Waals surface area contributed by atoms with Gasteiger partial charge in [-0.05, 0) is 30.7 Å². The summed E-state index contributed by atoms with van der Waals surface area (Å²) in [6.07, 6.45) is 9.64. The standard InChI is InChI=1S/C10H12S/c1-2-3-4-5-7-10-8-6-9-11-10/h1,6,8-9H,3-5,7H2. The lowest BCUT2D eigenvalue weighted by Gasteiger charge is -1.93. The van der Waals surface area contributed by atoms with E-state index in [2.05, 4.69) is 23.4 Å². The molecule has 0 N–H and O–H groups in total. The second kappa shape index (κ2) is 4.98. The molecule has 1 rings (SSSR count). The molecule has 0 saturated carbocycles. The van der Waals surface area contributed by atoms with Gasteiger partial charge in [0.2, 0.25) is 0 Å². The van der Waals surface area contributed by atoms with Crippen LogP contribution in [0.5, 0.6) is 0 Å². The van der Waals surface area contributed by atoms with Gasteiger partial charge in [-0.25, -0.2) is 0 Å². The maximum Gasteiger partial charge on any atom is 0.00861 e. The molecule has 1 heterocycles. The molecule has 0 spiro atoms. The SMILES string of the molecule is C#CCCCCc1cccs1. The third-order valence-electron chi connectivity index (χ3n) is 1.57. The molecule has 1 heteroatoms. The van der Waals surface area contributed by atoms with Crippen LogP contribution >= 0.6 is 11.3 Å². The van der Waals surface area contributed by atoms with Gasteiger partial charge in [0, 0.05) is 11.3 Å². The molecule has 0 aliphatic rings. The predicted octanol–water partition coefficient (Wildman–Crippen LogP) is 3.09. The molecule has 0 aliphatic heterocycles. The van der Waals surface area contributed by atoms with Crippen molar-refractivity contribution in [2.75, 3.05) is 0 Å². The molecule has 0 aromatic carbocycles. The summed E-state index contributed by atoms with van der Waals surface area (Å²) < 4.78 is 0. The van der Waals surface area contributed by atoms with Crippen molar-refractivity contribution in [1.82, 2.24) is 0 Å². The van der Waals surface area contributed by atoms with Gasteiger partial charge in [0.1, 0.15) is 0 Å². The van der Waals surface area contributed by atoms with Gasteiger partial charge in [-0.3, -0.25) is 0 Å². The summed E-state index contributed by atoms with van der Waals surface area (Å²) in [7, 11) is 0. The zero-order valence-electron chi connectivity index (χ0n) is 6.55. The molecule has 0 unspecified atom stereocenters. The monoisotopic (exact) mass is 164 g/mol. The van der Waals surface area contributed by atoms with Gasteiger partial charge in [-0.2, -0.15) is 0 Å². The van der Waals surface area contributed by atoms with E-state index in [-0.39, 0.29) is 0 Å². The first kappa shape index (κ1) is 8.36. The zero-order chi connectivity index (χ0) is 7.94. The highest BCUT2D eigenvalue weighted by atomic mass is 32.1. The molecule has 58 valence electrons. The van der Waals surface area contributed by atoms with Crippen molar-refractivity contribution in [1.29, 1.82) is 0 Å². The van der Waals surface area contributed by atoms with Gasteiger partial charge in [0.25, 0.3) is 0 Å². The minimum absolute atomic E-state index is 0.922. The molecule has 0 bridgehead atoms. The van der Waals surface area contributed by atoms with Gasteiger partial charge >= 0.3 is 0 Å². The minimum Gasteiger partial charge on any atom is -0.149 e. The fourth-order valence-corrected chi connectivity index (χ4v) is 1.73. The Kier molecular flexibility index (Phi) is 3.79. The molecule has 0 fully saturated rings. The topological polar surface area (TPSA) is 0 Å². The summed E-state index contributed by atoms with van der Waals surface area (Å²) in [4.78, 5) is 1.47. The van der Waals surface area contributed by atoms with E-state index in [0.717, 1.165) is 12.8 Å². The van der Waals surface area contributed by atoms with E-state index < -0.39 is 0 Å². The largest absolute Gasteiger partial charge is 0.149 e. The Labute approximate surface area is 72.3 Å². The Morgan fingerprint density at radius 1 is 1.45 bits per heavy atom. The second-order valence-electron chi connectivity index (χ2n) is 2.49. The van der Waals surface area contributed by atoms with E-state index in [1.807, 2.05) is 11.3 Å². The number of hydrogen-bond acceptors (Lipinski definition) is 1. The normalized spacial score (nSPS) is 9.36. The third-order valence-corrected chi connectivity index (χ3v) is 2.51. The van der Waals surface area contributed by atoms with Crippen LogP contribution in [0.2, 0.25) is 0 Å². The van der Waals surface area contributed by atoms with Crippen molar-refractivity contribution < 1.29 is 0 Å². The highest BCUT2D eigenvalue weighted by molar-refractivity contribution is 7.09. The van der Waals surface area contributed by atoms with Crippen LogP contribution in [0.1, 0.15) is 24.1 Å².